The van der Waals surface area contributed by atoms with E-state index in [9.17, 15) is 4.79 Å². The Morgan fingerprint density at radius 1 is 1.12 bits per heavy atom. The zero-order valence-electron chi connectivity index (χ0n) is 10.5. The van der Waals surface area contributed by atoms with E-state index in [0.29, 0.717) is 5.76 Å². The summed E-state index contributed by atoms with van der Waals surface area (Å²) in [5.41, 5.74) is 0.955. The summed E-state index contributed by atoms with van der Waals surface area (Å²) in [6.07, 6.45) is 8.28. The van der Waals surface area contributed by atoms with E-state index < -0.39 is 5.92 Å². The monoisotopic (exact) mass is 234 g/mol. The molecule has 0 saturated carbocycles. The third-order valence-electron chi connectivity index (χ3n) is 3.02. The van der Waals surface area contributed by atoms with Gasteiger partial charge in [0.25, 0.3) is 0 Å². The summed E-state index contributed by atoms with van der Waals surface area (Å²) in [6, 6.07) is 0. The van der Waals surface area contributed by atoms with Gasteiger partial charge in [0.2, 0.25) is 0 Å². The largest absolute Gasteiger partial charge is 0.494 e. The fourth-order valence-electron chi connectivity index (χ4n) is 2.25. The van der Waals surface area contributed by atoms with Gasteiger partial charge in [0, 0.05) is 6.42 Å². The highest BCUT2D eigenvalue weighted by Crippen LogP contribution is 2.29. The molecular weight excluding hydrogens is 216 g/mol. The summed E-state index contributed by atoms with van der Waals surface area (Å²) in [5.74, 6) is 0.0835. The van der Waals surface area contributed by atoms with E-state index in [0.717, 1.165) is 12.0 Å². The van der Waals surface area contributed by atoms with E-state index in [2.05, 4.69) is 0 Å². The Hall–Kier alpha value is -1.51. The third kappa shape index (κ3) is 2.60. The minimum absolute atomic E-state index is 0.0612. The van der Waals surface area contributed by atoms with Crippen LogP contribution in [0, 0.1) is 5.92 Å². The van der Waals surface area contributed by atoms with Gasteiger partial charge in [-0.25, -0.2) is 0 Å². The van der Waals surface area contributed by atoms with Gasteiger partial charge in [-0.3, -0.25) is 4.79 Å². The number of rotatable bonds is 0. The Bertz CT molecular complexity index is 404. The molecule has 0 bridgehead atoms. The Labute approximate surface area is 102 Å². The Morgan fingerprint density at radius 2 is 1.76 bits per heavy atom. The van der Waals surface area contributed by atoms with Crippen LogP contribution in [0.1, 0.15) is 27.2 Å². The fourth-order valence-corrected chi connectivity index (χ4v) is 2.25. The van der Waals surface area contributed by atoms with Crippen molar-refractivity contribution >= 4 is 5.97 Å². The average molecular weight is 234 g/mol. The summed E-state index contributed by atoms with van der Waals surface area (Å²) in [5, 5.41) is 0. The molecule has 0 aromatic carbocycles. The molecule has 1 aliphatic heterocycles. The molecule has 3 heteroatoms. The summed E-state index contributed by atoms with van der Waals surface area (Å²) in [6.45, 7) is 5.83. The Kier molecular flexibility index (Phi) is 3.36. The summed E-state index contributed by atoms with van der Waals surface area (Å²) < 4.78 is 11.3. The molecule has 3 nitrogen and oxygen atoms in total. The number of carbonyl (C=O) groups is 1. The number of hydrogen-bond donors (Lipinski definition) is 0. The standard InChI is InChI=1S/C14H18O3/c1-9-6-4-5-7-12-13(9)14(15)17-11(3)8-10(2)16-12/h4-7,10-11,13H,8H2,1-3H3/t10-,11+,13-/m0/s1. The number of allylic oxidation sites excluding steroid dienone is 4. The molecule has 0 aromatic heterocycles. The maximum Gasteiger partial charge on any atom is 0.321 e. The van der Waals surface area contributed by atoms with Gasteiger partial charge in [-0.1, -0.05) is 23.8 Å². The number of esters is 1. The molecule has 0 aromatic rings. The summed E-state index contributed by atoms with van der Waals surface area (Å²) in [4.78, 5) is 12.1. The molecule has 17 heavy (non-hydrogen) atoms. The molecular formula is C14H18O3. The van der Waals surface area contributed by atoms with Gasteiger partial charge in [0.15, 0.2) is 0 Å². The first-order chi connectivity index (χ1) is 8.08. The second kappa shape index (κ2) is 4.78. The number of cyclic esters (lactones) is 1. The van der Waals surface area contributed by atoms with Gasteiger partial charge in [0.05, 0.1) is 6.10 Å². The zero-order valence-corrected chi connectivity index (χ0v) is 10.5. The third-order valence-corrected chi connectivity index (χ3v) is 3.02. The van der Waals surface area contributed by atoms with Crippen LogP contribution in [0.25, 0.3) is 0 Å². The van der Waals surface area contributed by atoms with Crippen LogP contribution >= 0.6 is 0 Å². The van der Waals surface area contributed by atoms with Crippen molar-refractivity contribution in [3.05, 3.63) is 35.6 Å². The number of fused-ring (bicyclic) bond motifs is 1. The van der Waals surface area contributed by atoms with E-state index in [1.165, 1.54) is 0 Å². The van der Waals surface area contributed by atoms with Crippen LogP contribution in [-0.2, 0) is 14.3 Å². The van der Waals surface area contributed by atoms with E-state index in [1.807, 2.05) is 45.1 Å². The van der Waals surface area contributed by atoms with Crippen LogP contribution in [0.5, 0.6) is 0 Å². The van der Waals surface area contributed by atoms with Crippen LogP contribution in [0.3, 0.4) is 0 Å². The second-order valence-electron chi connectivity index (χ2n) is 4.71. The molecule has 3 atom stereocenters. The van der Waals surface area contributed by atoms with Crippen molar-refractivity contribution in [1.29, 1.82) is 0 Å². The maximum absolute atomic E-state index is 12.1. The molecule has 1 heterocycles. The van der Waals surface area contributed by atoms with Gasteiger partial charge in [-0.15, -0.1) is 0 Å². The number of carbonyl (C=O) groups excluding carboxylic acids is 1. The molecule has 0 unspecified atom stereocenters. The molecule has 92 valence electrons. The molecule has 1 aliphatic carbocycles. The van der Waals surface area contributed by atoms with Crippen molar-refractivity contribution < 1.29 is 14.3 Å². The molecule has 2 rings (SSSR count). The number of hydrogen-bond acceptors (Lipinski definition) is 3. The molecule has 0 amide bonds. The molecule has 1 saturated heterocycles. The second-order valence-corrected chi connectivity index (χ2v) is 4.71. The first-order valence-electron chi connectivity index (χ1n) is 6.00. The topological polar surface area (TPSA) is 35.5 Å². The predicted molar refractivity (Wildman–Crippen MR) is 65.2 cm³/mol. The van der Waals surface area contributed by atoms with Gasteiger partial charge in [-0.05, 0) is 26.8 Å². The SMILES string of the molecule is CC1=CC=CC=C2O[C@@H](C)C[C@@H](C)OC(=O)[C@@H]12. The first-order valence-corrected chi connectivity index (χ1v) is 6.00. The highest BCUT2D eigenvalue weighted by molar-refractivity contribution is 5.79. The highest BCUT2D eigenvalue weighted by atomic mass is 16.6. The Balaban J connectivity index is 2.34. The molecule has 0 radical (unpaired) electrons. The van der Waals surface area contributed by atoms with Crippen LogP contribution in [0.2, 0.25) is 0 Å². The quantitative estimate of drug-likeness (QED) is 0.604. The van der Waals surface area contributed by atoms with Crippen LogP contribution < -0.4 is 0 Å². The molecule has 0 N–H and O–H groups in total. The molecule has 1 fully saturated rings. The van der Waals surface area contributed by atoms with E-state index in [4.69, 9.17) is 9.47 Å². The average Bonchev–Trinajstić information content (AvgIpc) is 2.37. The summed E-state index contributed by atoms with van der Waals surface area (Å²) >= 11 is 0. The van der Waals surface area contributed by atoms with Crippen molar-refractivity contribution in [3.63, 3.8) is 0 Å². The van der Waals surface area contributed by atoms with E-state index in [1.54, 1.807) is 0 Å². The normalized spacial score (nSPS) is 33.1. The predicted octanol–water partition coefficient (Wildman–Crippen LogP) is 2.74. The van der Waals surface area contributed by atoms with Crippen LogP contribution in [-0.4, -0.2) is 18.2 Å². The lowest BCUT2D eigenvalue weighted by atomic mass is 9.97. The minimum Gasteiger partial charge on any atom is -0.494 e. The van der Waals surface area contributed by atoms with Gasteiger partial charge >= 0.3 is 5.97 Å². The first kappa shape index (κ1) is 12.0. The zero-order chi connectivity index (χ0) is 12.4. The van der Waals surface area contributed by atoms with Gasteiger partial charge < -0.3 is 9.47 Å². The van der Waals surface area contributed by atoms with Crippen molar-refractivity contribution in [2.75, 3.05) is 0 Å². The van der Waals surface area contributed by atoms with Crippen molar-refractivity contribution in [3.8, 4) is 0 Å². The van der Waals surface area contributed by atoms with E-state index >= 15 is 0 Å². The van der Waals surface area contributed by atoms with Crippen molar-refractivity contribution in [2.45, 2.75) is 39.4 Å². The van der Waals surface area contributed by atoms with Crippen LogP contribution in [0.4, 0.5) is 0 Å². The fraction of sp³-hybridized carbons (Fsp3) is 0.500. The lowest BCUT2D eigenvalue weighted by molar-refractivity contribution is -0.156. The van der Waals surface area contributed by atoms with Crippen molar-refractivity contribution in [2.24, 2.45) is 5.92 Å². The minimum atomic E-state index is -0.393. The molecule has 0 spiro atoms. The van der Waals surface area contributed by atoms with Crippen molar-refractivity contribution in [1.82, 2.24) is 0 Å². The Morgan fingerprint density at radius 3 is 2.53 bits per heavy atom. The lowest BCUT2D eigenvalue weighted by Crippen LogP contribution is -2.32. The van der Waals surface area contributed by atoms with Gasteiger partial charge in [-0.2, -0.15) is 0 Å². The molecule has 2 aliphatic rings. The maximum atomic E-state index is 12.1. The smallest absolute Gasteiger partial charge is 0.321 e. The highest BCUT2D eigenvalue weighted by Gasteiger charge is 2.33. The van der Waals surface area contributed by atoms with Crippen LogP contribution in [0.15, 0.2) is 35.6 Å². The summed E-state index contributed by atoms with van der Waals surface area (Å²) in [7, 11) is 0. The lowest BCUT2D eigenvalue weighted by Gasteiger charge is -2.29. The van der Waals surface area contributed by atoms with E-state index in [-0.39, 0.29) is 18.2 Å². The van der Waals surface area contributed by atoms with Gasteiger partial charge in [0.1, 0.15) is 17.8 Å². The number of ether oxygens (including phenoxy) is 2.